The summed E-state index contributed by atoms with van der Waals surface area (Å²) in [5, 5.41) is 10.5. The van der Waals surface area contributed by atoms with E-state index >= 15 is 0 Å². The highest BCUT2D eigenvalue weighted by atomic mass is 16.6. The van der Waals surface area contributed by atoms with Gasteiger partial charge in [-0.3, -0.25) is 0 Å². The summed E-state index contributed by atoms with van der Waals surface area (Å²) in [6.07, 6.45) is 4.61. The van der Waals surface area contributed by atoms with Crippen LogP contribution in [-0.4, -0.2) is 33.7 Å². The first-order chi connectivity index (χ1) is 16.2. The number of aliphatic hydroxyl groups excluding tert-OH is 1. The van der Waals surface area contributed by atoms with E-state index in [1.807, 2.05) is 59.5 Å². The summed E-state index contributed by atoms with van der Waals surface area (Å²) in [5.74, 6) is 0. The number of aromatic amines is 1. The van der Waals surface area contributed by atoms with Gasteiger partial charge in [0.05, 0.1) is 6.61 Å². The van der Waals surface area contributed by atoms with Gasteiger partial charge >= 0.3 is 6.09 Å². The minimum Gasteiger partial charge on any atom is -0.445 e. The molecule has 0 radical (unpaired) electrons. The van der Waals surface area contributed by atoms with E-state index in [4.69, 9.17) is 4.74 Å². The molecule has 33 heavy (non-hydrogen) atoms. The number of hydrogen-bond acceptors (Lipinski definition) is 3. The van der Waals surface area contributed by atoms with Crippen LogP contribution in [0.2, 0.25) is 0 Å². The fourth-order valence-electron chi connectivity index (χ4n) is 4.67. The highest BCUT2D eigenvalue weighted by molar-refractivity contribution is 5.88. The Hall–Kier alpha value is -3.57. The van der Waals surface area contributed by atoms with E-state index in [0.717, 1.165) is 53.6 Å². The lowest BCUT2D eigenvalue weighted by molar-refractivity contribution is 0.0921. The molecule has 0 saturated carbocycles. The molecule has 2 heterocycles. The summed E-state index contributed by atoms with van der Waals surface area (Å²) in [5.41, 5.74) is 6.47. The van der Waals surface area contributed by atoms with Crippen molar-refractivity contribution in [3.63, 3.8) is 0 Å². The third-order valence-corrected chi connectivity index (χ3v) is 6.51. The zero-order valence-corrected chi connectivity index (χ0v) is 18.5. The lowest BCUT2D eigenvalue weighted by Crippen LogP contribution is -2.37. The Morgan fingerprint density at radius 2 is 1.79 bits per heavy atom. The monoisotopic (exact) mass is 440 g/mol. The first kappa shape index (κ1) is 21.3. The number of aromatic nitrogens is 1. The van der Waals surface area contributed by atoms with Gasteiger partial charge in [0.15, 0.2) is 0 Å². The standard InChI is InChI=1S/C28H28N2O3/c31-18-20-8-10-22(11-9-20)23-12-13-27-26(16-23)24(17-29-27)15-25-7-4-14-30(25)28(32)33-19-21-5-2-1-3-6-21/h1-3,5-6,8-13,16-17,25,29,31H,4,7,14-15,18-19H2/t25-/m1/s1. The second-order valence-electron chi connectivity index (χ2n) is 8.66. The maximum Gasteiger partial charge on any atom is 0.410 e. The van der Waals surface area contributed by atoms with Gasteiger partial charge < -0.3 is 19.7 Å². The van der Waals surface area contributed by atoms with Gasteiger partial charge in [0.2, 0.25) is 0 Å². The van der Waals surface area contributed by atoms with Crippen molar-refractivity contribution in [2.45, 2.75) is 38.5 Å². The quantitative estimate of drug-likeness (QED) is 0.406. The van der Waals surface area contributed by atoms with Crippen LogP contribution >= 0.6 is 0 Å². The van der Waals surface area contributed by atoms with Crippen LogP contribution in [0, 0.1) is 0 Å². The molecule has 0 bridgehead atoms. The molecule has 0 aliphatic carbocycles. The van der Waals surface area contributed by atoms with E-state index in [-0.39, 0.29) is 18.7 Å². The zero-order valence-electron chi connectivity index (χ0n) is 18.5. The summed E-state index contributed by atoms with van der Waals surface area (Å²) >= 11 is 0. The molecule has 5 rings (SSSR count). The first-order valence-corrected chi connectivity index (χ1v) is 11.5. The van der Waals surface area contributed by atoms with Crippen LogP contribution < -0.4 is 0 Å². The highest BCUT2D eigenvalue weighted by Gasteiger charge is 2.30. The van der Waals surface area contributed by atoms with Crippen molar-refractivity contribution in [2.24, 2.45) is 0 Å². The Morgan fingerprint density at radius 1 is 1.00 bits per heavy atom. The normalized spacial score (nSPS) is 15.8. The molecular weight excluding hydrogens is 412 g/mol. The number of rotatable bonds is 6. The van der Waals surface area contributed by atoms with Gasteiger partial charge in [-0.05, 0) is 59.2 Å². The minimum absolute atomic E-state index is 0.0486. The summed E-state index contributed by atoms with van der Waals surface area (Å²) in [7, 11) is 0. The Morgan fingerprint density at radius 3 is 2.58 bits per heavy atom. The molecular formula is C28H28N2O3. The number of nitrogens with zero attached hydrogens (tertiary/aromatic N) is 1. The van der Waals surface area contributed by atoms with Gasteiger partial charge in [-0.2, -0.15) is 0 Å². The SMILES string of the molecule is O=C(OCc1ccccc1)N1CCC[C@@H]1Cc1c[nH]c2ccc(-c3ccc(CO)cc3)cc12. The Labute approximate surface area is 193 Å². The van der Waals surface area contributed by atoms with E-state index < -0.39 is 0 Å². The van der Waals surface area contributed by atoms with E-state index in [9.17, 15) is 9.90 Å². The second-order valence-corrected chi connectivity index (χ2v) is 8.66. The molecule has 168 valence electrons. The maximum absolute atomic E-state index is 12.8. The molecule has 1 fully saturated rings. The molecule has 1 saturated heterocycles. The molecule has 1 amide bonds. The Bertz CT molecular complexity index is 1230. The highest BCUT2D eigenvalue weighted by Crippen LogP contribution is 2.30. The summed E-state index contributed by atoms with van der Waals surface area (Å²) in [6.45, 7) is 1.09. The number of aliphatic hydroxyl groups is 1. The van der Waals surface area contributed by atoms with Crippen LogP contribution in [0.1, 0.15) is 29.5 Å². The van der Waals surface area contributed by atoms with Gasteiger partial charge in [0, 0.05) is 29.7 Å². The lowest BCUT2D eigenvalue weighted by Gasteiger charge is -2.24. The van der Waals surface area contributed by atoms with Crippen LogP contribution in [0.5, 0.6) is 0 Å². The Kier molecular flexibility index (Phi) is 6.13. The van der Waals surface area contributed by atoms with Crippen molar-refractivity contribution in [1.29, 1.82) is 0 Å². The Balaban J connectivity index is 1.31. The number of likely N-dealkylation sites (tertiary alicyclic amines) is 1. The number of ether oxygens (including phenoxy) is 1. The number of carbonyl (C=O) groups is 1. The second kappa shape index (κ2) is 9.51. The topological polar surface area (TPSA) is 65.6 Å². The molecule has 1 atom stereocenters. The van der Waals surface area contributed by atoms with Crippen molar-refractivity contribution in [2.75, 3.05) is 6.54 Å². The van der Waals surface area contributed by atoms with E-state index in [1.54, 1.807) is 0 Å². The fraction of sp³-hybridized carbons (Fsp3) is 0.250. The number of carbonyl (C=O) groups excluding carboxylic acids is 1. The first-order valence-electron chi connectivity index (χ1n) is 11.5. The molecule has 0 spiro atoms. The minimum atomic E-state index is -0.231. The average molecular weight is 441 g/mol. The molecule has 1 aromatic heterocycles. The number of fused-ring (bicyclic) bond motifs is 1. The van der Waals surface area contributed by atoms with Gasteiger partial charge in [0.25, 0.3) is 0 Å². The number of amides is 1. The van der Waals surface area contributed by atoms with Gasteiger partial charge in [0.1, 0.15) is 6.61 Å². The van der Waals surface area contributed by atoms with Crippen molar-refractivity contribution in [3.05, 3.63) is 95.7 Å². The molecule has 1 aliphatic rings. The van der Waals surface area contributed by atoms with Crippen LogP contribution in [-0.2, 0) is 24.4 Å². The van der Waals surface area contributed by atoms with Gasteiger partial charge in [-0.15, -0.1) is 0 Å². The molecule has 2 N–H and O–H groups in total. The van der Waals surface area contributed by atoms with Gasteiger partial charge in [-0.1, -0.05) is 60.7 Å². The smallest absolute Gasteiger partial charge is 0.410 e. The molecule has 5 nitrogen and oxygen atoms in total. The van der Waals surface area contributed by atoms with Crippen molar-refractivity contribution >= 4 is 17.0 Å². The molecule has 4 aromatic rings. The largest absolute Gasteiger partial charge is 0.445 e. The van der Waals surface area contributed by atoms with Crippen LogP contribution in [0.25, 0.3) is 22.0 Å². The third-order valence-electron chi connectivity index (χ3n) is 6.51. The summed E-state index contributed by atoms with van der Waals surface area (Å²) < 4.78 is 5.61. The number of nitrogens with one attached hydrogen (secondary N) is 1. The summed E-state index contributed by atoms with van der Waals surface area (Å²) in [4.78, 5) is 18.1. The van der Waals surface area contributed by atoms with E-state index in [0.29, 0.717) is 6.61 Å². The average Bonchev–Trinajstić information content (AvgIpc) is 3.50. The van der Waals surface area contributed by atoms with Gasteiger partial charge in [-0.25, -0.2) is 4.79 Å². The molecule has 5 heteroatoms. The van der Waals surface area contributed by atoms with Crippen LogP contribution in [0.4, 0.5) is 4.79 Å². The summed E-state index contributed by atoms with van der Waals surface area (Å²) in [6, 6.07) is 24.4. The van der Waals surface area contributed by atoms with Crippen molar-refractivity contribution in [1.82, 2.24) is 9.88 Å². The maximum atomic E-state index is 12.8. The van der Waals surface area contributed by atoms with E-state index in [2.05, 4.69) is 29.4 Å². The number of benzene rings is 3. The number of H-pyrrole nitrogens is 1. The van der Waals surface area contributed by atoms with E-state index in [1.165, 1.54) is 10.9 Å². The van der Waals surface area contributed by atoms with Crippen molar-refractivity contribution in [3.8, 4) is 11.1 Å². The van der Waals surface area contributed by atoms with Crippen LogP contribution in [0.15, 0.2) is 79.0 Å². The zero-order chi connectivity index (χ0) is 22.6. The van der Waals surface area contributed by atoms with Crippen LogP contribution in [0.3, 0.4) is 0 Å². The molecule has 1 aliphatic heterocycles. The molecule has 3 aromatic carbocycles. The predicted molar refractivity (Wildman–Crippen MR) is 130 cm³/mol. The molecule has 0 unspecified atom stereocenters. The lowest BCUT2D eigenvalue weighted by atomic mass is 9.99. The predicted octanol–water partition coefficient (Wildman–Crippen LogP) is 5.67. The number of hydrogen-bond donors (Lipinski definition) is 2. The fourth-order valence-corrected chi connectivity index (χ4v) is 4.67. The third kappa shape index (κ3) is 4.64. The van der Waals surface area contributed by atoms with Crippen molar-refractivity contribution < 1.29 is 14.6 Å².